The van der Waals surface area contributed by atoms with Gasteiger partial charge in [0.2, 0.25) is 11.1 Å². The Bertz CT molecular complexity index is 813. The molecule has 138 valence electrons. The molecule has 0 radical (unpaired) electrons. The normalized spacial score (nSPS) is 10.8. The number of ether oxygens (including phenoxy) is 1. The molecule has 2 rings (SSSR count). The SMILES string of the molecule is Cn1nnnc1SCC(=O)NCC#CCOc1cccc(C(F)(F)F)c1. The fraction of sp³-hybridized carbons (Fsp3) is 0.333. The van der Waals surface area contributed by atoms with Crippen LogP contribution < -0.4 is 10.1 Å². The van der Waals surface area contributed by atoms with Crippen molar-refractivity contribution in [1.82, 2.24) is 25.5 Å². The molecule has 0 bridgehead atoms. The van der Waals surface area contributed by atoms with Crippen molar-refractivity contribution in [2.24, 2.45) is 7.05 Å². The maximum absolute atomic E-state index is 12.6. The van der Waals surface area contributed by atoms with Gasteiger partial charge in [-0.3, -0.25) is 4.79 Å². The van der Waals surface area contributed by atoms with Crippen molar-refractivity contribution in [2.45, 2.75) is 11.3 Å². The number of tetrazole rings is 1. The lowest BCUT2D eigenvalue weighted by atomic mass is 10.2. The van der Waals surface area contributed by atoms with E-state index < -0.39 is 11.7 Å². The summed E-state index contributed by atoms with van der Waals surface area (Å²) in [5.74, 6) is 5.23. The Kier molecular flexibility index (Phi) is 6.85. The molecule has 1 aromatic carbocycles. The number of nitrogens with one attached hydrogen (secondary N) is 1. The van der Waals surface area contributed by atoms with Crippen LogP contribution in [0.4, 0.5) is 13.2 Å². The zero-order valence-electron chi connectivity index (χ0n) is 13.6. The van der Waals surface area contributed by atoms with E-state index in [0.717, 1.165) is 12.1 Å². The van der Waals surface area contributed by atoms with Gasteiger partial charge in [0.1, 0.15) is 12.4 Å². The largest absolute Gasteiger partial charge is 0.481 e. The van der Waals surface area contributed by atoms with Crippen molar-refractivity contribution in [3.05, 3.63) is 29.8 Å². The van der Waals surface area contributed by atoms with Crippen LogP contribution in [-0.4, -0.2) is 45.0 Å². The van der Waals surface area contributed by atoms with Gasteiger partial charge in [-0.25, -0.2) is 4.68 Å². The minimum Gasteiger partial charge on any atom is -0.481 e. The predicted molar refractivity (Wildman–Crippen MR) is 87.2 cm³/mol. The van der Waals surface area contributed by atoms with Gasteiger partial charge in [0.15, 0.2) is 0 Å². The smallest absolute Gasteiger partial charge is 0.416 e. The van der Waals surface area contributed by atoms with Crippen LogP contribution >= 0.6 is 11.8 Å². The number of benzene rings is 1. The average molecular weight is 385 g/mol. The second-order valence-corrected chi connectivity index (χ2v) is 5.76. The molecule has 1 aromatic heterocycles. The molecule has 1 N–H and O–H groups in total. The Morgan fingerprint density at radius 1 is 1.38 bits per heavy atom. The molecule has 7 nitrogen and oxygen atoms in total. The number of halogens is 3. The summed E-state index contributed by atoms with van der Waals surface area (Å²) in [6.45, 7) is 0.0128. The third kappa shape index (κ3) is 6.29. The van der Waals surface area contributed by atoms with Crippen LogP contribution in [0.25, 0.3) is 0 Å². The Hall–Kier alpha value is -2.74. The van der Waals surface area contributed by atoms with Crippen LogP contribution in [0.2, 0.25) is 0 Å². The first-order valence-corrected chi connectivity index (χ1v) is 8.22. The number of alkyl halides is 3. The van der Waals surface area contributed by atoms with E-state index in [-0.39, 0.29) is 30.6 Å². The molecule has 0 atom stereocenters. The highest BCUT2D eigenvalue weighted by molar-refractivity contribution is 7.99. The predicted octanol–water partition coefficient (Wildman–Crippen LogP) is 1.52. The first kappa shape index (κ1) is 19.6. The summed E-state index contributed by atoms with van der Waals surface area (Å²) in [5, 5.41) is 13.9. The van der Waals surface area contributed by atoms with Crippen molar-refractivity contribution in [2.75, 3.05) is 18.9 Å². The summed E-state index contributed by atoms with van der Waals surface area (Å²) in [6.07, 6.45) is -4.42. The Labute approximate surface area is 151 Å². The molecule has 2 aromatic rings. The van der Waals surface area contributed by atoms with E-state index in [0.29, 0.717) is 5.16 Å². The lowest BCUT2D eigenvalue weighted by Gasteiger charge is -2.08. The van der Waals surface area contributed by atoms with Crippen LogP contribution in [-0.2, 0) is 18.0 Å². The van der Waals surface area contributed by atoms with Crippen LogP contribution in [0.5, 0.6) is 5.75 Å². The highest BCUT2D eigenvalue weighted by Crippen LogP contribution is 2.31. The maximum atomic E-state index is 12.6. The number of hydrogen-bond acceptors (Lipinski definition) is 6. The van der Waals surface area contributed by atoms with Gasteiger partial charge >= 0.3 is 6.18 Å². The fourth-order valence-corrected chi connectivity index (χ4v) is 2.34. The van der Waals surface area contributed by atoms with Crippen LogP contribution in [0.3, 0.4) is 0 Å². The molecular formula is C15H14F3N5O2S. The lowest BCUT2D eigenvalue weighted by Crippen LogP contribution is -2.25. The highest BCUT2D eigenvalue weighted by Gasteiger charge is 2.30. The number of thioether (sulfide) groups is 1. The topological polar surface area (TPSA) is 81.9 Å². The lowest BCUT2D eigenvalue weighted by molar-refractivity contribution is -0.137. The van der Waals surface area contributed by atoms with Crippen LogP contribution in [0.15, 0.2) is 29.4 Å². The molecule has 0 fully saturated rings. The molecule has 11 heteroatoms. The molecule has 0 unspecified atom stereocenters. The summed E-state index contributed by atoms with van der Waals surface area (Å²) < 4.78 is 44.3. The molecule has 0 saturated heterocycles. The number of carbonyl (C=O) groups is 1. The zero-order valence-corrected chi connectivity index (χ0v) is 14.4. The first-order valence-electron chi connectivity index (χ1n) is 7.24. The van der Waals surface area contributed by atoms with Gasteiger partial charge in [0.05, 0.1) is 17.9 Å². The van der Waals surface area contributed by atoms with Crippen molar-refractivity contribution in [3.63, 3.8) is 0 Å². The number of carbonyl (C=O) groups excluding carboxylic acids is 1. The number of nitrogens with zero attached hydrogens (tertiary/aromatic N) is 4. The number of aryl methyl sites for hydroxylation is 1. The molecule has 0 aliphatic carbocycles. The van der Waals surface area contributed by atoms with Crippen LogP contribution in [0.1, 0.15) is 5.56 Å². The molecule has 1 amide bonds. The van der Waals surface area contributed by atoms with E-state index in [9.17, 15) is 18.0 Å². The summed E-state index contributed by atoms with van der Waals surface area (Å²) in [5.41, 5.74) is -0.786. The second-order valence-electron chi connectivity index (χ2n) is 4.82. The van der Waals surface area contributed by atoms with Gasteiger partial charge in [0.25, 0.3) is 0 Å². The number of aromatic nitrogens is 4. The quantitative estimate of drug-likeness (QED) is 0.600. The number of amides is 1. The average Bonchev–Trinajstić information content (AvgIpc) is 3.00. The molecular weight excluding hydrogens is 371 g/mol. The van der Waals surface area contributed by atoms with E-state index in [4.69, 9.17) is 4.74 Å². The third-order valence-electron chi connectivity index (χ3n) is 2.88. The number of rotatable bonds is 6. The van der Waals surface area contributed by atoms with E-state index in [2.05, 4.69) is 32.7 Å². The summed E-state index contributed by atoms with van der Waals surface area (Å²) in [4.78, 5) is 11.6. The minimum absolute atomic E-state index is 0.0758. The van der Waals surface area contributed by atoms with Gasteiger partial charge < -0.3 is 10.1 Å². The van der Waals surface area contributed by atoms with Crippen molar-refractivity contribution < 1.29 is 22.7 Å². The second kappa shape index (κ2) is 9.10. The summed E-state index contributed by atoms with van der Waals surface area (Å²) >= 11 is 1.18. The molecule has 26 heavy (non-hydrogen) atoms. The molecule has 0 saturated carbocycles. The Morgan fingerprint density at radius 2 is 2.19 bits per heavy atom. The van der Waals surface area contributed by atoms with Gasteiger partial charge in [0, 0.05) is 7.05 Å². The highest BCUT2D eigenvalue weighted by atomic mass is 32.2. The van der Waals surface area contributed by atoms with E-state index in [1.54, 1.807) is 7.05 Å². The number of hydrogen-bond donors (Lipinski definition) is 1. The van der Waals surface area contributed by atoms with Crippen molar-refractivity contribution in [3.8, 4) is 17.6 Å². The third-order valence-corrected chi connectivity index (χ3v) is 3.90. The molecule has 1 heterocycles. The standard InChI is InChI=1S/C15H14F3N5O2S/c1-23-14(20-21-22-23)26-10-13(24)19-7-2-3-8-25-12-6-4-5-11(9-12)15(16,17)18/h4-6,9H,7-8,10H2,1H3,(H,19,24). The van der Waals surface area contributed by atoms with Gasteiger partial charge in [-0.2, -0.15) is 13.2 Å². The Morgan fingerprint density at radius 3 is 2.88 bits per heavy atom. The van der Waals surface area contributed by atoms with Crippen molar-refractivity contribution in [1.29, 1.82) is 0 Å². The summed E-state index contributed by atoms with van der Waals surface area (Å²) in [6, 6.07) is 4.54. The molecule has 0 aliphatic rings. The maximum Gasteiger partial charge on any atom is 0.416 e. The summed E-state index contributed by atoms with van der Waals surface area (Å²) in [7, 11) is 1.66. The van der Waals surface area contributed by atoms with Gasteiger partial charge in [-0.15, -0.1) is 5.10 Å². The van der Waals surface area contributed by atoms with Crippen molar-refractivity contribution >= 4 is 17.7 Å². The van der Waals surface area contributed by atoms with Gasteiger partial charge in [-0.05, 0) is 28.6 Å². The molecule has 0 aliphatic heterocycles. The first-order chi connectivity index (χ1) is 12.4. The molecule has 0 spiro atoms. The van der Waals surface area contributed by atoms with Gasteiger partial charge in [-0.1, -0.05) is 29.7 Å². The Balaban J connectivity index is 1.67. The monoisotopic (exact) mass is 385 g/mol. The van der Waals surface area contributed by atoms with Crippen LogP contribution in [0, 0.1) is 11.8 Å². The fourth-order valence-electron chi connectivity index (χ4n) is 1.66. The zero-order chi connectivity index (χ0) is 19.0. The minimum atomic E-state index is -4.42. The van der Waals surface area contributed by atoms with E-state index in [1.165, 1.54) is 28.6 Å². The van der Waals surface area contributed by atoms with E-state index >= 15 is 0 Å². The van der Waals surface area contributed by atoms with E-state index in [1.807, 2.05) is 0 Å².